The van der Waals surface area contributed by atoms with E-state index in [0.717, 1.165) is 31.0 Å². The lowest BCUT2D eigenvalue weighted by atomic mass is 10.1. The lowest BCUT2D eigenvalue weighted by molar-refractivity contribution is 0.363. The van der Waals surface area contributed by atoms with Crippen LogP contribution in [-0.4, -0.2) is 11.4 Å². The number of benzene rings is 1. The van der Waals surface area contributed by atoms with E-state index in [1.165, 1.54) is 16.8 Å². The topological polar surface area (TPSA) is 3.24 Å². The number of allylic oxidation sites excluding steroid dienone is 3. The van der Waals surface area contributed by atoms with Crippen molar-refractivity contribution in [3.63, 3.8) is 0 Å². The average molecular weight is 262 g/mol. The molecule has 0 aliphatic heterocycles. The molecule has 0 spiro atoms. The molecule has 1 aromatic rings. The first kappa shape index (κ1) is 13.2. The van der Waals surface area contributed by atoms with Gasteiger partial charge in [0, 0.05) is 23.8 Å². The highest BCUT2D eigenvalue weighted by molar-refractivity contribution is 6.29. The summed E-state index contributed by atoms with van der Waals surface area (Å²) in [5, 5.41) is 0.967. The Bertz CT molecular complexity index is 456. The molecule has 96 valence electrons. The monoisotopic (exact) mass is 261 g/mol. The van der Waals surface area contributed by atoms with E-state index >= 15 is 0 Å². The van der Waals surface area contributed by atoms with E-state index < -0.39 is 0 Å². The fourth-order valence-corrected chi connectivity index (χ4v) is 2.39. The second-order valence-electron chi connectivity index (χ2n) is 4.76. The summed E-state index contributed by atoms with van der Waals surface area (Å²) < 4.78 is 0. The van der Waals surface area contributed by atoms with Gasteiger partial charge in [-0.15, -0.1) is 0 Å². The molecule has 2 heteroatoms. The van der Waals surface area contributed by atoms with E-state index in [0.29, 0.717) is 0 Å². The van der Waals surface area contributed by atoms with Gasteiger partial charge in [0.15, 0.2) is 0 Å². The SMILES string of the molecule is CCN(Cc1ccc(C)cc1)C1=CCCC(Cl)=C1. The molecule has 0 saturated heterocycles. The largest absolute Gasteiger partial charge is 0.368 e. The van der Waals surface area contributed by atoms with Gasteiger partial charge in [0.05, 0.1) is 0 Å². The smallest absolute Gasteiger partial charge is 0.0429 e. The molecule has 0 atom stereocenters. The molecule has 2 rings (SSSR count). The molecule has 0 bridgehead atoms. The van der Waals surface area contributed by atoms with Crippen molar-refractivity contribution in [1.82, 2.24) is 4.90 Å². The number of aryl methyl sites for hydroxylation is 1. The molecular formula is C16H20ClN. The maximum atomic E-state index is 6.13. The Morgan fingerprint density at radius 3 is 2.56 bits per heavy atom. The minimum Gasteiger partial charge on any atom is -0.368 e. The molecule has 0 radical (unpaired) electrons. The number of likely N-dealkylation sites (N-methyl/N-ethyl adjacent to an activating group) is 1. The molecule has 18 heavy (non-hydrogen) atoms. The molecule has 0 fully saturated rings. The highest BCUT2D eigenvalue weighted by atomic mass is 35.5. The Balaban J connectivity index is 2.10. The van der Waals surface area contributed by atoms with Crippen molar-refractivity contribution in [3.8, 4) is 0 Å². The summed E-state index contributed by atoms with van der Waals surface area (Å²) in [5.74, 6) is 0. The van der Waals surface area contributed by atoms with Gasteiger partial charge in [0.25, 0.3) is 0 Å². The van der Waals surface area contributed by atoms with Crippen LogP contribution >= 0.6 is 11.6 Å². The van der Waals surface area contributed by atoms with Crippen LogP contribution in [0.3, 0.4) is 0 Å². The van der Waals surface area contributed by atoms with Crippen LogP contribution in [0.15, 0.2) is 47.1 Å². The number of nitrogens with zero attached hydrogens (tertiary/aromatic N) is 1. The lowest BCUT2D eigenvalue weighted by Gasteiger charge is -2.26. The van der Waals surface area contributed by atoms with Crippen LogP contribution in [0, 0.1) is 6.92 Å². The van der Waals surface area contributed by atoms with Gasteiger partial charge in [-0.25, -0.2) is 0 Å². The van der Waals surface area contributed by atoms with Crippen molar-refractivity contribution >= 4 is 11.6 Å². The molecule has 0 N–H and O–H groups in total. The summed E-state index contributed by atoms with van der Waals surface area (Å²) in [4.78, 5) is 2.37. The molecule has 1 aliphatic carbocycles. The van der Waals surface area contributed by atoms with Crippen molar-refractivity contribution in [1.29, 1.82) is 0 Å². The van der Waals surface area contributed by atoms with Crippen LogP contribution in [0.25, 0.3) is 0 Å². The predicted molar refractivity (Wildman–Crippen MR) is 78.5 cm³/mol. The zero-order valence-corrected chi connectivity index (χ0v) is 11.9. The third-order valence-corrected chi connectivity index (χ3v) is 3.58. The highest BCUT2D eigenvalue weighted by Gasteiger charge is 2.10. The normalized spacial score (nSPS) is 15.1. The van der Waals surface area contributed by atoms with E-state index in [1.807, 2.05) is 0 Å². The van der Waals surface area contributed by atoms with E-state index in [2.05, 4.69) is 55.2 Å². The van der Waals surface area contributed by atoms with Gasteiger partial charge in [-0.05, 0) is 38.3 Å². The minimum atomic E-state index is 0.948. The standard InChI is InChI=1S/C16H20ClN/c1-3-18(16-6-4-5-15(17)11-16)12-14-9-7-13(2)8-10-14/h6-11H,3-5,12H2,1-2H3. The van der Waals surface area contributed by atoms with Crippen molar-refractivity contribution < 1.29 is 0 Å². The van der Waals surface area contributed by atoms with Crippen LogP contribution in [0.5, 0.6) is 0 Å². The summed E-state index contributed by atoms with van der Waals surface area (Å²) in [5.41, 5.74) is 3.91. The van der Waals surface area contributed by atoms with Crippen LogP contribution < -0.4 is 0 Å². The maximum Gasteiger partial charge on any atom is 0.0429 e. The average Bonchev–Trinajstić information content (AvgIpc) is 2.38. The van der Waals surface area contributed by atoms with Gasteiger partial charge in [0.2, 0.25) is 0 Å². The first-order valence-electron chi connectivity index (χ1n) is 6.55. The molecule has 0 amide bonds. The zero-order valence-electron chi connectivity index (χ0n) is 11.1. The second-order valence-corrected chi connectivity index (χ2v) is 5.24. The van der Waals surface area contributed by atoms with Gasteiger partial charge in [-0.1, -0.05) is 47.5 Å². The van der Waals surface area contributed by atoms with Gasteiger partial charge in [0.1, 0.15) is 0 Å². The predicted octanol–water partition coefficient (Wildman–Crippen LogP) is 4.62. The van der Waals surface area contributed by atoms with Gasteiger partial charge >= 0.3 is 0 Å². The second kappa shape index (κ2) is 6.10. The van der Waals surface area contributed by atoms with E-state index in [1.54, 1.807) is 0 Å². The van der Waals surface area contributed by atoms with Crippen LogP contribution in [0.1, 0.15) is 30.9 Å². The Morgan fingerprint density at radius 1 is 1.22 bits per heavy atom. The fourth-order valence-electron chi connectivity index (χ4n) is 2.17. The minimum absolute atomic E-state index is 0.948. The quantitative estimate of drug-likeness (QED) is 0.765. The third-order valence-electron chi connectivity index (χ3n) is 3.28. The van der Waals surface area contributed by atoms with E-state index in [4.69, 9.17) is 11.6 Å². The van der Waals surface area contributed by atoms with E-state index in [-0.39, 0.29) is 0 Å². The number of hydrogen-bond acceptors (Lipinski definition) is 1. The van der Waals surface area contributed by atoms with Crippen molar-refractivity contribution in [2.45, 2.75) is 33.2 Å². The molecule has 0 aromatic heterocycles. The van der Waals surface area contributed by atoms with Gasteiger partial charge < -0.3 is 4.90 Å². The molecule has 0 unspecified atom stereocenters. The molecule has 1 aliphatic rings. The fraction of sp³-hybridized carbons (Fsp3) is 0.375. The number of halogens is 1. The third kappa shape index (κ3) is 3.39. The Kier molecular flexibility index (Phi) is 4.48. The summed E-state index contributed by atoms with van der Waals surface area (Å²) >= 11 is 6.13. The highest BCUT2D eigenvalue weighted by Crippen LogP contribution is 2.23. The Labute approximate surface area is 115 Å². The Morgan fingerprint density at radius 2 is 1.94 bits per heavy atom. The van der Waals surface area contributed by atoms with Gasteiger partial charge in [-0.2, -0.15) is 0 Å². The van der Waals surface area contributed by atoms with Crippen molar-refractivity contribution in [3.05, 3.63) is 58.3 Å². The van der Waals surface area contributed by atoms with Crippen LogP contribution in [0.4, 0.5) is 0 Å². The number of hydrogen-bond donors (Lipinski definition) is 0. The molecular weight excluding hydrogens is 242 g/mol. The molecule has 0 heterocycles. The lowest BCUT2D eigenvalue weighted by Crippen LogP contribution is -2.22. The summed E-state index contributed by atoms with van der Waals surface area (Å²) in [6.07, 6.45) is 6.41. The number of rotatable bonds is 4. The molecule has 1 aromatic carbocycles. The van der Waals surface area contributed by atoms with Crippen molar-refractivity contribution in [2.75, 3.05) is 6.54 Å². The summed E-state index contributed by atoms with van der Waals surface area (Å²) in [7, 11) is 0. The molecule has 0 saturated carbocycles. The van der Waals surface area contributed by atoms with E-state index in [9.17, 15) is 0 Å². The maximum absolute atomic E-state index is 6.13. The summed E-state index contributed by atoms with van der Waals surface area (Å²) in [6.45, 7) is 6.25. The Hall–Kier alpha value is -1.21. The zero-order chi connectivity index (χ0) is 13.0. The molecule has 1 nitrogen and oxygen atoms in total. The van der Waals surface area contributed by atoms with Crippen LogP contribution in [-0.2, 0) is 6.54 Å². The summed E-state index contributed by atoms with van der Waals surface area (Å²) in [6, 6.07) is 8.74. The van der Waals surface area contributed by atoms with Gasteiger partial charge in [-0.3, -0.25) is 0 Å². The first-order chi connectivity index (χ1) is 8.69. The van der Waals surface area contributed by atoms with Crippen molar-refractivity contribution in [2.24, 2.45) is 0 Å². The van der Waals surface area contributed by atoms with Crippen LogP contribution in [0.2, 0.25) is 0 Å². The first-order valence-corrected chi connectivity index (χ1v) is 6.93.